The maximum Gasteiger partial charge on any atom is 0.310 e. The highest BCUT2D eigenvalue weighted by atomic mass is 127. The zero-order valence-corrected chi connectivity index (χ0v) is 18.9. The van der Waals surface area contributed by atoms with Crippen molar-refractivity contribution in [1.82, 2.24) is 10.2 Å². The second kappa shape index (κ2) is 12.0. The van der Waals surface area contributed by atoms with Gasteiger partial charge in [0.05, 0.1) is 12.5 Å². The zero-order valence-electron chi connectivity index (χ0n) is 16.6. The second-order valence-corrected chi connectivity index (χ2v) is 7.30. The number of hydrogen-bond acceptors (Lipinski definition) is 4. The Balaban J connectivity index is 0.00000338. The molecule has 7 heteroatoms. The number of halogens is 1. The molecule has 26 heavy (non-hydrogen) atoms. The molecule has 0 aromatic rings. The molecule has 1 aliphatic carbocycles. The summed E-state index contributed by atoms with van der Waals surface area (Å²) in [6, 6.07) is 0. The first-order valence-corrected chi connectivity index (χ1v) is 9.83. The van der Waals surface area contributed by atoms with Gasteiger partial charge in [-0.05, 0) is 51.4 Å². The van der Waals surface area contributed by atoms with Crippen molar-refractivity contribution in [2.24, 2.45) is 16.3 Å². The molecule has 1 heterocycles. The van der Waals surface area contributed by atoms with E-state index in [1.807, 2.05) is 6.92 Å². The number of likely N-dealkylation sites (tertiary alicyclic amines) is 1. The normalized spacial score (nSPS) is 22.2. The van der Waals surface area contributed by atoms with E-state index < -0.39 is 0 Å². The highest BCUT2D eigenvalue weighted by Crippen LogP contribution is 2.44. The summed E-state index contributed by atoms with van der Waals surface area (Å²) < 4.78 is 10.5. The number of nitrogens with one attached hydrogen (secondary N) is 1. The molecule has 1 saturated heterocycles. The largest absolute Gasteiger partial charge is 0.466 e. The molecule has 1 aliphatic heterocycles. The highest BCUT2D eigenvalue weighted by Gasteiger charge is 2.37. The number of ether oxygens (including phenoxy) is 2. The summed E-state index contributed by atoms with van der Waals surface area (Å²) in [7, 11) is 1.77. The van der Waals surface area contributed by atoms with E-state index in [2.05, 4.69) is 17.1 Å². The molecular weight excluding hydrogens is 445 g/mol. The Kier molecular flexibility index (Phi) is 10.8. The molecule has 0 aromatic heterocycles. The molecule has 2 aliphatic rings. The van der Waals surface area contributed by atoms with Gasteiger partial charge >= 0.3 is 5.97 Å². The molecule has 152 valence electrons. The van der Waals surface area contributed by atoms with Crippen LogP contribution in [0.15, 0.2) is 4.99 Å². The van der Waals surface area contributed by atoms with Crippen LogP contribution in [0.2, 0.25) is 0 Å². The maximum absolute atomic E-state index is 12.1. The van der Waals surface area contributed by atoms with Crippen LogP contribution in [-0.2, 0) is 14.3 Å². The van der Waals surface area contributed by atoms with Gasteiger partial charge in [-0.25, -0.2) is 0 Å². The lowest BCUT2D eigenvalue weighted by Crippen LogP contribution is -2.49. The Labute approximate surface area is 175 Å². The summed E-state index contributed by atoms with van der Waals surface area (Å²) in [6.07, 6.45) is 6.77. The van der Waals surface area contributed by atoms with Gasteiger partial charge < -0.3 is 19.7 Å². The first-order valence-electron chi connectivity index (χ1n) is 9.83. The van der Waals surface area contributed by atoms with E-state index in [9.17, 15) is 4.79 Å². The maximum atomic E-state index is 12.1. The van der Waals surface area contributed by atoms with Gasteiger partial charge in [0, 0.05) is 39.9 Å². The van der Waals surface area contributed by atoms with Crippen LogP contribution in [0.3, 0.4) is 0 Å². The van der Waals surface area contributed by atoms with Crippen LogP contribution >= 0.6 is 24.0 Å². The third kappa shape index (κ3) is 6.55. The van der Waals surface area contributed by atoms with Gasteiger partial charge in [0.15, 0.2) is 5.96 Å². The topological polar surface area (TPSA) is 63.2 Å². The summed E-state index contributed by atoms with van der Waals surface area (Å²) in [6.45, 7) is 8.55. The minimum Gasteiger partial charge on any atom is -0.466 e. The van der Waals surface area contributed by atoms with Crippen LogP contribution in [0.1, 0.15) is 52.4 Å². The Bertz CT molecular complexity index is 455. The van der Waals surface area contributed by atoms with Crippen molar-refractivity contribution >= 4 is 35.9 Å². The zero-order chi connectivity index (χ0) is 18.1. The van der Waals surface area contributed by atoms with E-state index in [0.29, 0.717) is 18.6 Å². The molecule has 0 amide bonds. The van der Waals surface area contributed by atoms with Crippen molar-refractivity contribution < 1.29 is 14.3 Å². The Hall–Kier alpha value is -0.570. The van der Waals surface area contributed by atoms with Crippen molar-refractivity contribution in [2.75, 3.05) is 46.5 Å². The number of guanidine groups is 1. The van der Waals surface area contributed by atoms with E-state index in [1.54, 1.807) is 7.11 Å². The van der Waals surface area contributed by atoms with Crippen LogP contribution in [-0.4, -0.2) is 63.3 Å². The van der Waals surface area contributed by atoms with Gasteiger partial charge in [-0.3, -0.25) is 9.79 Å². The fourth-order valence-electron chi connectivity index (χ4n) is 3.77. The van der Waals surface area contributed by atoms with Crippen LogP contribution < -0.4 is 5.32 Å². The molecule has 2 rings (SSSR count). The van der Waals surface area contributed by atoms with Crippen molar-refractivity contribution in [1.29, 1.82) is 0 Å². The molecule has 2 fully saturated rings. The lowest BCUT2D eigenvalue weighted by atomic mass is 9.67. The Morgan fingerprint density at radius 3 is 2.65 bits per heavy atom. The van der Waals surface area contributed by atoms with E-state index >= 15 is 0 Å². The average Bonchev–Trinajstić information content (AvgIpc) is 2.60. The van der Waals surface area contributed by atoms with E-state index in [0.717, 1.165) is 51.5 Å². The van der Waals surface area contributed by atoms with Crippen molar-refractivity contribution in [3.05, 3.63) is 0 Å². The van der Waals surface area contributed by atoms with Crippen molar-refractivity contribution in [3.63, 3.8) is 0 Å². The summed E-state index contributed by atoms with van der Waals surface area (Å²) in [5.41, 5.74) is 0.313. The van der Waals surface area contributed by atoms with Crippen molar-refractivity contribution in [3.8, 4) is 0 Å². The summed E-state index contributed by atoms with van der Waals surface area (Å²) in [5.74, 6) is 0.836. The van der Waals surface area contributed by atoms with Gasteiger partial charge in [-0.2, -0.15) is 0 Å². The van der Waals surface area contributed by atoms with Gasteiger partial charge in [-0.1, -0.05) is 6.42 Å². The average molecular weight is 481 g/mol. The minimum atomic E-state index is -0.0707. The van der Waals surface area contributed by atoms with Gasteiger partial charge in [0.1, 0.15) is 0 Å². The van der Waals surface area contributed by atoms with Crippen LogP contribution in [0.4, 0.5) is 0 Å². The predicted octanol–water partition coefficient (Wildman–Crippen LogP) is 3.05. The molecular formula is C19H36IN3O3. The molecule has 1 atom stereocenters. The summed E-state index contributed by atoms with van der Waals surface area (Å²) in [4.78, 5) is 19.3. The van der Waals surface area contributed by atoms with E-state index in [-0.39, 0.29) is 35.9 Å². The van der Waals surface area contributed by atoms with Crippen LogP contribution in [0.25, 0.3) is 0 Å². The molecule has 0 aromatic carbocycles. The molecule has 0 spiro atoms. The first kappa shape index (κ1) is 23.5. The van der Waals surface area contributed by atoms with Gasteiger partial charge in [0.2, 0.25) is 0 Å². The smallest absolute Gasteiger partial charge is 0.310 e. The monoisotopic (exact) mass is 481 g/mol. The number of nitrogens with zero attached hydrogens (tertiary/aromatic N) is 2. The minimum absolute atomic E-state index is 0. The molecule has 1 saturated carbocycles. The van der Waals surface area contributed by atoms with E-state index in [4.69, 9.17) is 14.5 Å². The predicted molar refractivity (Wildman–Crippen MR) is 115 cm³/mol. The molecule has 6 nitrogen and oxygen atoms in total. The Morgan fingerprint density at radius 1 is 1.31 bits per heavy atom. The SMILES string of the molecule is CCNC(=NCC1(CCOC)CCC1)N1CCC[C@H](C(=O)OCC)C1.I. The molecule has 0 radical (unpaired) electrons. The number of piperidine rings is 1. The molecule has 0 unspecified atom stereocenters. The number of hydrogen-bond donors (Lipinski definition) is 1. The van der Waals surface area contributed by atoms with Crippen LogP contribution in [0, 0.1) is 11.3 Å². The van der Waals surface area contributed by atoms with Gasteiger partial charge in [-0.15, -0.1) is 24.0 Å². The highest BCUT2D eigenvalue weighted by molar-refractivity contribution is 14.0. The van der Waals surface area contributed by atoms with Gasteiger partial charge in [0.25, 0.3) is 0 Å². The Morgan fingerprint density at radius 2 is 2.08 bits per heavy atom. The number of methoxy groups -OCH3 is 1. The summed E-state index contributed by atoms with van der Waals surface area (Å²) >= 11 is 0. The van der Waals surface area contributed by atoms with E-state index in [1.165, 1.54) is 19.3 Å². The lowest BCUT2D eigenvalue weighted by molar-refractivity contribution is -0.149. The van der Waals surface area contributed by atoms with Crippen molar-refractivity contribution in [2.45, 2.75) is 52.4 Å². The number of rotatable bonds is 8. The number of carbonyl (C=O) groups is 1. The lowest BCUT2D eigenvalue weighted by Gasteiger charge is -2.41. The standard InChI is InChI=1S/C19H35N3O3.HI/c1-4-20-18(21-15-19(9-7-10-19)11-13-24-3)22-12-6-8-16(14-22)17(23)25-5-2;/h16H,4-15H2,1-3H3,(H,20,21);1H/t16-;/m0./s1. The number of esters is 1. The second-order valence-electron chi connectivity index (χ2n) is 7.30. The fraction of sp³-hybridized carbons (Fsp3) is 0.895. The third-order valence-electron chi connectivity index (χ3n) is 5.49. The quantitative estimate of drug-likeness (QED) is 0.250. The first-order chi connectivity index (χ1) is 12.1. The fourth-order valence-corrected chi connectivity index (χ4v) is 3.77. The number of aliphatic imine (C=N–C) groups is 1. The summed E-state index contributed by atoms with van der Waals surface area (Å²) in [5, 5.41) is 3.41. The van der Waals surface area contributed by atoms with Crippen LogP contribution in [0.5, 0.6) is 0 Å². The molecule has 0 bridgehead atoms. The third-order valence-corrected chi connectivity index (χ3v) is 5.49. The molecule has 1 N–H and O–H groups in total. The number of carbonyl (C=O) groups excluding carboxylic acids is 1.